The number of aromatic nitrogens is 3. The summed E-state index contributed by atoms with van der Waals surface area (Å²) in [7, 11) is 0. The van der Waals surface area contributed by atoms with E-state index in [1.165, 1.54) is 34.8 Å². The number of imidazole rings is 1. The smallest absolute Gasteiger partial charge is 0.274 e. The Kier molecular flexibility index (Phi) is 4.92. The Morgan fingerprint density at radius 3 is 3.00 bits per heavy atom. The van der Waals surface area contributed by atoms with Gasteiger partial charge in [0.25, 0.3) is 11.8 Å². The van der Waals surface area contributed by atoms with Gasteiger partial charge >= 0.3 is 0 Å². The minimum absolute atomic E-state index is 0.137. The Morgan fingerprint density at radius 2 is 2.18 bits per heavy atom. The van der Waals surface area contributed by atoms with Gasteiger partial charge in [0.05, 0.1) is 17.1 Å². The van der Waals surface area contributed by atoms with Gasteiger partial charge in [-0.05, 0) is 43.4 Å². The third kappa shape index (κ3) is 3.46. The molecule has 2 amide bonds. The number of hydrogen-bond donors (Lipinski definition) is 2. The molecular formula is C23H21FN6O2S2. The summed E-state index contributed by atoms with van der Waals surface area (Å²) in [6.45, 7) is 2.27. The molecule has 1 aliphatic carbocycles. The summed E-state index contributed by atoms with van der Waals surface area (Å²) in [5, 5.41) is 5.21. The maximum Gasteiger partial charge on any atom is 0.274 e. The molecule has 2 fully saturated rings. The fourth-order valence-corrected chi connectivity index (χ4v) is 6.56. The maximum atomic E-state index is 13.8. The van der Waals surface area contributed by atoms with Crippen molar-refractivity contribution in [3.05, 3.63) is 58.7 Å². The number of hydrogen-bond acceptors (Lipinski definition) is 7. The van der Waals surface area contributed by atoms with Crippen molar-refractivity contribution in [3.63, 3.8) is 0 Å². The first-order chi connectivity index (χ1) is 16.4. The zero-order valence-electron chi connectivity index (χ0n) is 18.2. The maximum absolute atomic E-state index is 13.8. The number of aryl methyl sites for hydroxylation is 1. The second kappa shape index (κ2) is 7.88. The van der Waals surface area contributed by atoms with E-state index in [2.05, 4.69) is 15.3 Å². The number of nitrogen functional groups attached to an aromatic ring is 1. The summed E-state index contributed by atoms with van der Waals surface area (Å²) in [5.41, 5.74) is 8.20. The van der Waals surface area contributed by atoms with Gasteiger partial charge < -0.3 is 16.0 Å². The van der Waals surface area contributed by atoms with Crippen molar-refractivity contribution in [1.29, 1.82) is 0 Å². The van der Waals surface area contributed by atoms with Gasteiger partial charge in [-0.2, -0.15) is 0 Å². The number of anilines is 1. The standard InChI is InChI=1S/C23H21FN6O2S2/c1-11-10-33-23-27-9-17(29(11)23)20(31)26-8-15-6-13-7-16(13)30(15)21(32)18-19(34-22(25)28-18)12-3-2-4-14(24)5-12/h2-5,9-10,13,15-16H,6-8H2,1H3,(H2,25,28)(H,26,31)/t13?,15-,16?/m0/s1. The number of fused-ring (bicyclic) bond motifs is 2. The highest BCUT2D eigenvalue weighted by molar-refractivity contribution is 7.19. The quantitative estimate of drug-likeness (QED) is 0.439. The molecule has 174 valence electrons. The van der Waals surface area contributed by atoms with Crippen molar-refractivity contribution in [3.8, 4) is 10.4 Å². The highest BCUT2D eigenvalue weighted by Gasteiger charge is 2.54. The van der Waals surface area contributed by atoms with E-state index in [-0.39, 0.29) is 40.5 Å². The van der Waals surface area contributed by atoms with Gasteiger partial charge in [-0.15, -0.1) is 11.3 Å². The summed E-state index contributed by atoms with van der Waals surface area (Å²) in [6.07, 6.45) is 3.35. The van der Waals surface area contributed by atoms with Crippen molar-refractivity contribution >= 4 is 44.6 Å². The van der Waals surface area contributed by atoms with Crippen LogP contribution in [0.4, 0.5) is 9.52 Å². The fourth-order valence-electron chi connectivity index (χ4n) is 4.90. The largest absolute Gasteiger partial charge is 0.375 e. The van der Waals surface area contributed by atoms with E-state index in [4.69, 9.17) is 5.73 Å². The molecule has 11 heteroatoms. The predicted octanol–water partition coefficient (Wildman–Crippen LogP) is 3.58. The first-order valence-corrected chi connectivity index (χ1v) is 12.6. The molecule has 0 bridgehead atoms. The summed E-state index contributed by atoms with van der Waals surface area (Å²) >= 11 is 2.66. The Morgan fingerprint density at radius 1 is 1.32 bits per heavy atom. The average Bonchev–Trinajstić information content (AvgIpc) is 3.20. The first kappa shape index (κ1) is 21.2. The van der Waals surface area contributed by atoms with Gasteiger partial charge in [0, 0.05) is 23.7 Å². The Hall–Kier alpha value is -3.31. The van der Waals surface area contributed by atoms with Crippen molar-refractivity contribution < 1.29 is 14.0 Å². The second-order valence-corrected chi connectivity index (χ2v) is 10.6. The number of carbonyl (C=O) groups is 2. The fraction of sp³-hybridized carbons (Fsp3) is 0.304. The minimum Gasteiger partial charge on any atom is -0.375 e. The zero-order chi connectivity index (χ0) is 23.6. The molecule has 4 aromatic rings. The number of carbonyl (C=O) groups excluding carboxylic acids is 2. The van der Waals surface area contributed by atoms with E-state index in [1.54, 1.807) is 18.3 Å². The van der Waals surface area contributed by atoms with Gasteiger partial charge in [0.1, 0.15) is 17.2 Å². The van der Waals surface area contributed by atoms with Gasteiger partial charge in [0.15, 0.2) is 10.1 Å². The number of rotatable bonds is 5. The molecule has 6 rings (SSSR count). The lowest BCUT2D eigenvalue weighted by molar-refractivity contribution is 0.0684. The van der Waals surface area contributed by atoms with E-state index in [9.17, 15) is 14.0 Å². The highest BCUT2D eigenvalue weighted by Crippen LogP contribution is 2.49. The Balaban J connectivity index is 1.23. The van der Waals surface area contributed by atoms with Crippen LogP contribution in [0.3, 0.4) is 0 Å². The Labute approximate surface area is 202 Å². The number of amides is 2. The van der Waals surface area contributed by atoms with Crippen molar-refractivity contribution in [2.45, 2.75) is 31.8 Å². The van der Waals surface area contributed by atoms with E-state index < -0.39 is 0 Å². The van der Waals surface area contributed by atoms with Crippen molar-refractivity contribution in [1.82, 2.24) is 24.6 Å². The normalized spacial score (nSPS) is 21.1. The van der Waals surface area contributed by atoms with Crippen LogP contribution < -0.4 is 11.1 Å². The van der Waals surface area contributed by atoms with Crippen LogP contribution in [0.5, 0.6) is 0 Å². The molecule has 4 heterocycles. The monoisotopic (exact) mass is 496 g/mol. The van der Waals surface area contributed by atoms with Crippen molar-refractivity contribution in [2.24, 2.45) is 5.92 Å². The van der Waals surface area contributed by atoms with Crippen LogP contribution in [0.2, 0.25) is 0 Å². The topological polar surface area (TPSA) is 106 Å². The third-order valence-electron chi connectivity index (χ3n) is 6.53. The molecule has 1 aromatic carbocycles. The summed E-state index contributed by atoms with van der Waals surface area (Å²) in [4.78, 5) is 38.3. The van der Waals surface area contributed by atoms with Crippen LogP contribution in [0.25, 0.3) is 15.4 Å². The molecule has 0 radical (unpaired) electrons. The number of nitrogens with zero attached hydrogens (tertiary/aromatic N) is 4. The van der Waals surface area contributed by atoms with Crippen LogP contribution in [0.15, 0.2) is 35.8 Å². The molecule has 3 N–H and O–H groups in total. The first-order valence-electron chi connectivity index (χ1n) is 11.0. The lowest BCUT2D eigenvalue weighted by Crippen LogP contribution is -2.45. The molecular weight excluding hydrogens is 475 g/mol. The molecule has 1 saturated carbocycles. The van der Waals surface area contributed by atoms with Crippen LogP contribution in [0.1, 0.15) is 39.5 Å². The molecule has 0 spiro atoms. The molecule has 2 aliphatic rings. The molecule has 3 atom stereocenters. The van der Waals surface area contributed by atoms with Crippen LogP contribution in [0, 0.1) is 18.7 Å². The predicted molar refractivity (Wildman–Crippen MR) is 129 cm³/mol. The Bertz CT molecular complexity index is 1440. The van der Waals surface area contributed by atoms with Crippen LogP contribution in [-0.4, -0.2) is 49.7 Å². The number of thiazole rings is 2. The van der Waals surface area contributed by atoms with Gasteiger partial charge in [-0.3, -0.25) is 14.0 Å². The summed E-state index contributed by atoms with van der Waals surface area (Å²) in [5.74, 6) is -0.404. The lowest BCUT2D eigenvalue weighted by Gasteiger charge is -2.27. The number of nitrogens with two attached hydrogens (primary N) is 1. The lowest BCUT2D eigenvalue weighted by atomic mass is 10.1. The number of likely N-dealkylation sites (tertiary alicyclic amines) is 1. The van der Waals surface area contributed by atoms with E-state index >= 15 is 0 Å². The molecule has 1 saturated heterocycles. The van der Waals surface area contributed by atoms with Gasteiger partial charge in [0.2, 0.25) is 0 Å². The third-order valence-corrected chi connectivity index (χ3v) is 8.42. The van der Waals surface area contributed by atoms with Crippen LogP contribution >= 0.6 is 22.7 Å². The molecule has 34 heavy (non-hydrogen) atoms. The minimum atomic E-state index is -0.387. The van der Waals surface area contributed by atoms with Crippen LogP contribution in [-0.2, 0) is 0 Å². The number of piperidine rings is 1. The summed E-state index contributed by atoms with van der Waals surface area (Å²) in [6, 6.07) is 6.07. The zero-order valence-corrected chi connectivity index (χ0v) is 19.8. The molecule has 2 unspecified atom stereocenters. The van der Waals surface area contributed by atoms with Gasteiger partial charge in [-0.25, -0.2) is 14.4 Å². The number of halogens is 1. The second-order valence-electron chi connectivity index (χ2n) is 8.75. The number of benzene rings is 1. The average molecular weight is 497 g/mol. The van der Waals surface area contributed by atoms with Crippen molar-refractivity contribution in [2.75, 3.05) is 12.3 Å². The van der Waals surface area contributed by atoms with E-state index in [1.807, 2.05) is 21.6 Å². The molecule has 8 nitrogen and oxygen atoms in total. The molecule has 3 aromatic heterocycles. The van der Waals surface area contributed by atoms with E-state index in [0.29, 0.717) is 28.6 Å². The SMILES string of the molecule is Cc1csc2ncc(C(=O)NC[C@@H]3CC4CC4N3C(=O)c3nc(N)sc3-c3cccc(F)c3)n12. The number of nitrogens with one attached hydrogen (secondary N) is 1. The molecule has 1 aliphatic heterocycles. The highest BCUT2D eigenvalue weighted by atomic mass is 32.1. The summed E-state index contributed by atoms with van der Waals surface area (Å²) < 4.78 is 15.7. The van der Waals surface area contributed by atoms with E-state index in [0.717, 1.165) is 23.5 Å². The van der Waals surface area contributed by atoms with Gasteiger partial charge in [-0.1, -0.05) is 23.5 Å².